The van der Waals surface area contributed by atoms with Crippen LogP contribution in [0.25, 0.3) is 11.1 Å². The number of hydrogen-bond acceptors (Lipinski definition) is 5. The van der Waals surface area contributed by atoms with Crippen LogP contribution in [0.4, 0.5) is 0 Å². The lowest BCUT2D eigenvalue weighted by atomic mass is 10.1. The zero-order valence-corrected chi connectivity index (χ0v) is 22.8. The highest BCUT2D eigenvalue weighted by Gasteiger charge is 2.30. The van der Waals surface area contributed by atoms with Crippen molar-refractivity contribution < 1.29 is 14.3 Å². The molecule has 5 rings (SSSR count). The molecule has 0 bridgehead atoms. The fraction of sp³-hybridized carbons (Fsp3) is 0.519. The number of nitrogens with zero attached hydrogens (tertiary/aromatic N) is 2. The van der Waals surface area contributed by atoms with Crippen LogP contribution in [0.15, 0.2) is 33.2 Å². The van der Waals surface area contributed by atoms with E-state index in [0.717, 1.165) is 70.8 Å². The summed E-state index contributed by atoms with van der Waals surface area (Å²) in [6, 6.07) is 7.81. The molecule has 0 radical (unpaired) electrons. The average molecular weight is 592 g/mol. The zero-order valence-electron chi connectivity index (χ0n) is 19.6. The summed E-state index contributed by atoms with van der Waals surface area (Å²) in [6.45, 7) is 7.70. The highest BCUT2D eigenvalue weighted by atomic mass is 79.9. The first kappa shape index (κ1) is 24.3. The molecule has 5 nitrogen and oxygen atoms in total. The lowest BCUT2D eigenvalue weighted by molar-refractivity contribution is 0.104. The molecule has 0 atom stereocenters. The summed E-state index contributed by atoms with van der Waals surface area (Å²) < 4.78 is 13.9. The summed E-state index contributed by atoms with van der Waals surface area (Å²) in [4.78, 5) is 18.2. The molecule has 182 valence electrons. The van der Waals surface area contributed by atoms with Crippen LogP contribution >= 0.6 is 31.9 Å². The molecule has 34 heavy (non-hydrogen) atoms. The number of likely N-dealkylation sites (tertiary alicyclic amines) is 2. The minimum Gasteiger partial charge on any atom is -0.491 e. The van der Waals surface area contributed by atoms with E-state index in [2.05, 4.69) is 41.7 Å². The number of ketones is 1. The summed E-state index contributed by atoms with van der Waals surface area (Å²) >= 11 is 7.32. The van der Waals surface area contributed by atoms with Crippen LogP contribution in [0.2, 0.25) is 0 Å². The van der Waals surface area contributed by atoms with Crippen molar-refractivity contribution in [2.45, 2.75) is 38.5 Å². The Balaban J connectivity index is 1.26. The molecule has 2 aromatic rings. The summed E-state index contributed by atoms with van der Waals surface area (Å²) in [5.74, 6) is 1.50. The van der Waals surface area contributed by atoms with Gasteiger partial charge in [-0.2, -0.15) is 0 Å². The van der Waals surface area contributed by atoms with E-state index in [-0.39, 0.29) is 5.78 Å². The molecular formula is C27H32Br2N2O3. The van der Waals surface area contributed by atoms with Gasteiger partial charge in [0.2, 0.25) is 0 Å². The third-order valence-corrected chi connectivity index (χ3v) is 8.39. The van der Waals surface area contributed by atoms with Gasteiger partial charge in [0.05, 0.1) is 8.95 Å². The number of benzene rings is 2. The summed E-state index contributed by atoms with van der Waals surface area (Å²) in [7, 11) is 0. The van der Waals surface area contributed by atoms with Gasteiger partial charge >= 0.3 is 0 Å². The third kappa shape index (κ3) is 5.38. The monoisotopic (exact) mass is 590 g/mol. The Morgan fingerprint density at radius 3 is 1.44 bits per heavy atom. The maximum Gasteiger partial charge on any atom is 0.194 e. The Labute approximate surface area is 219 Å². The van der Waals surface area contributed by atoms with E-state index >= 15 is 0 Å². The van der Waals surface area contributed by atoms with Crippen LogP contribution < -0.4 is 9.47 Å². The van der Waals surface area contributed by atoms with Crippen LogP contribution in [0.5, 0.6) is 11.5 Å². The van der Waals surface area contributed by atoms with Crippen LogP contribution in [0, 0.1) is 0 Å². The second-order valence-corrected chi connectivity index (χ2v) is 11.2. The van der Waals surface area contributed by atoms with E-state index in [1.54, 1.807) is 0 Å². The van der Waals surface area contributed by atoms with Crippen molar-refractivity contribution in [2.75, 3.05) is 52.5 Å². The number of piperidine rings is 2. The quantitative estimate of drug-likeness (QED) is 0.314. The molecule has 2 heterocycles. The molecule has 2 aliphatic heterocycles. The van der Waals surface area contributed by atoms with E-state index in [4.69, 9.17) is 9.47 Å². The van der Waals surface area contributed by atoms with Gasteiger partial charge < -0.3 is 9.47 Å². The second-order valence-electron chi connectivity index (χ2n) is 9.49. The van der Waals surface area contributed by atoms with E-state index in [1.807, 2.05) is 24.3 Å². The standard InChI is InChI=1S/C27H32Br2N2O3/c28-23-15-19-20-16-24(29)26(34-14-12-31-9-5-2-6-10-31)18-22(20)27(32)21(19)17-25(23)33-13-11-30-7-3-1-4-8-30/h15-18H,1-14H2. The largest absolute Gasteiger partial charge is 0.491 e. The molecule has 1 aliphatic carbocycles. The van der Waals surface area contributed by atoms with E-state index in [0.29, 0.717) is 24.3 Å². The van der Waals surface area contributed by atoms with Crippen molar-refractivity contribution in [3.05, 3.63) is 44.3 Å². The molecular weight excluding hydrogens is 560 g/mol. The maximum absolute atomic E-state index is 13.3. The number of ether oxygens (including phenoxy) is 2. The lowest BCUT2D eigenvalue weighted by Gasteiger charge is -2.26. The Kier molecular flexibility index (Phi) is 7.94. The molecule has 0 amide bonds. The number of hydrogen-bond donors (Lipinski definition) is 0. The number of rotatable bonds is 8. The molecule has 2 fully saturated rings. The number of halogens is 2. The molecule has 2 saturated heterocycles. The van der Waals surface area contributed by atoms with Gasteiger partial charge in [-0.25, -0.2) is 0 Å². The summed E-state index contributed by atoms with van der Waals surface area (Å²) in [6.07, 6.45) is 7.75. The van der Waals surface area contributed by atoms with Gasteiger partial charge in [0.15, 0.2) is 5.78 Å². The second kappa shape index (κ2) is 11.1. The molecule has 0 aromatic heterocycles. The molecule has 0 unspecified atom stereocenters. The molecule has 0 N–H and O–H groups in total. The number of carbonyl (C=O) groups excluding carboxylic acids is 1. The Morgan fingerprint density at radius 2 is 1.03 bits per heavy atom. The Hall–Kier alpha value is -1.41. The number of fused-ring (bicyclic) bond motifs is 3. The van der Waals surface area contributed by atoms with Crippen molar-refractivity contribution in [1.82, 2.24) is 9.80 Å². The topological polar surface area (TPSA) is 42.0 Å². The van der Waals surface area contributed by atoms with Crippen molar-refractivity contribution in [3.63, 3.8) is 0 Å². The fourth-order valence-corrected chi connectivity index (χ4v) is 6.15. The van der Waals surface area contributed by atoms with E-state index in [9.17, 15) is 4.79 Å². The smallest absolute Gasteiger partial charge is 0.194 e. The average Bonchev–Trinajstić information content (AvgIpc) is 3.10. The maximum atomic E-state index is 13.3. The van der Waals surface area contributed by atoms with Crippen LogP contribution in [0.1, 0.15) is 54.4 Å². The van der Waals surface area contributed by atoms with Gasteiger partial charge in [0.1, 0.15) is 24.7 Å². The normalized spacial score (nSPS) is 18.6. The van der Waals surface area contributed by atoms with Crippen LogP contribution in [0.3, 0.4) is 0 Å². The van der Waals surface area contributed by atoms with Crippen molar-refractivity contribution >= 4 is 37.6 Å². The Bertz CT molecular complexity index is 965. The minimum absolute atomic E-state index is 0.0340. The molecule has 0 saturated carbocycles. The van der Waals surface area contributed by atoms with Crippen LogP contribution in [-0.4, -0.2) is 68.1 Å². The molecule has 2 aromatic carbocycles. The van der Waals surface area contributed by atoms with Gasteiger partial charge in [0, 0.05) is 24.2 Å². The highest BCUT2D eigenvalue weighted by Crippen LogP contribution is 2.45. The van der Waals surface area contributed by atoms with Gasteiger partial charge in [-0.1, -0.05) is 12.8 Å². The van der Waals surface area contributed by atoms with Crippen LogP contribution in [-0.2, 0) is 0 Å². The predicted molar refractivity (Wildman–Crippen MR) is 142 cm³/mol. The Morgan fingerprint density at radius 1 is 0.618 bits per heavy atom. The molecule has 7 heteroatoms. The first-order valence-corrected chi connectivity index (χ1v) is 14.1. The highest BCUT2D eigenvalue weighted by molar-refractivity contribution is 9.11. The van der Waals surface area contributed by atoms with Gasteiger partial charge in [-0.15, -0.1) is 0 Å². The predicted octanol–water partition coefficient (Wildman–Crippen LogP) is 6.15. The SMILES string of the molecule is O=C1c2cc(OCCN3CCCCC3)c(Br)cc2-c2cc(Br)c(OCCN3CCCCC3)cc21. The lowest BCUT2D eigenvalue weighted by Crippen LogP contribution is -2.33. The van der Waals surface area contributed by atoms with Gasteiger partial charge in [-0.05, 0) is 119 Å². The number of carbonyl (C=O) groups is 1. The van der Waals surface area contributed by atoms with E-state index < -0.39 is 0 Å². The van der Waals surface area contributed by atoms with Crippen molar-refractivity contribution in [1.29, 1.82) is 0 Å². The molecule has 3 aliphatic rings. The van der Waals surface area contributed by atoms with Gasteiger partial charge in [-0.3, -0.25) is 14.6 Å². The first-order chi connectivity index (χ1) is 16.6. The first-order valence-electron chi connectivity index (χ1n) is 12.5. The zero-order chi connectivity index (χ0) is 23.5. The molecule has 0 spiro atoms. The third-order valence-electron chi connectivity index (χ3n) is 7.15. The fourth-order valence-electron chi connectivity index (χ4n) is 5.23. The van der Waals surface area contributed by atoms with Gasteiger partial charge in [0.25, 0.3) is 0 Å². The van der Waals surface area contributed by atoms with Crippen molar-refractivity contribution in [2.24, 2.45) is 0 Å². The van der Waals surface area contributed by atoms with E-state index in [1.165, 1.54) is 38.5 Å². The summed E-state index contributed by atoms with van der Waals surface area (Å²) in [5.41, 5.74) is 3.28. The van der Waals surface area contributed by atoms with Crippen molar-refractivity contribution in [3.8, 4) is 22.6 Å². The minimum atomic E-state index is 0.0340. The summed E-state index contributed by atoms with van der Waals surface area (Å²) in [5, 5.41) is 0.